The maximum Gasteiger partial charge on any atom is 0.212 e. The van der Waals surface area contributed by atoms with E-state index in [4.69, 9.17) is 11.6 Å². The summed E-state index contributed by atoms with van der Waals surface area (Å²) < 4.78 is 40.1. The zero-order valence-corrected chi connectivity index (χ0v) is 13.3. The first-order valence-electron chi connectivity index (χ1n) is 6.50. The summed E-state index contributed by atoms with van der Waals surface area (Å²) in [7, 11) is -3.35. The summed E-state index contributed by atoms with van der Waals surface area (Å²) in [6, 6.07) is 4.21. The second-order valence-electron chi connectivity index (χ2n) is 4.70. The van der Waals surface area contributed by atoms with E-state index in [0.29, 0.717) is 25.1 Å². The van der Waals surface area contributed by atoms with E-state index in [1.807, 2.05) is 0 Å². The predicted molar refractivity (Wildman–Crippen MR) is 81.4 cm³/mol. The van der Waals surface area contributed by atoms with E-state index < -0.39 is 10.0 Å². The van der Waals surface area contributed by atoms with Crippen LogP contribution < -0.4 is 4.72 Å². The summed E-state index contributed by atoms with van der Waals surface area (Å²) in [6.45, 7) is 0. The van der Waals surface area contributed by atoms with Crippen molar-refractivity contribution in [1.29, 1.82) is 0 Å². The number of nitrogens with one attached hydrogen (secondary N) is 1. The van der Waals surface area contributed by atoms with Crippen LogP contribution in [0, 0.1) is 5.82 Å². The molecule has 20 heavy (non-hydrogen) atoms. The molecule has 0 amide bonds. The molecule has 7 heteroatoms. The zero-order chi connectivity index (χ0) is 14.6. The smallest absolute Gasteiger partial charge is 0.212 e. The van der Waals surface area contributed by atoms with Crippen molar-refractivity contribution in [3.8, 4) is 0 Å². The van der Waals surface area contributed by atoms with Crippen molar-refractivity contribution < 1.29 is 12.8 Å². The molecule has 0 bridgehead atoms. The highest BCUT2D eigenvalue weighted by Crippen LogP contribution is 2.36. The van der Waals surface area contributed by atoms with Gasteiger partial charge in [-0.05, 0) is 48.8 Å². The van der Waals surface area contributed by atoms with Crippen LogP contribution in [0.2, 0.25) is 0 Å². The van der Waals surface area contributed by atoms with Crippen LogP contribution in [0.25, 0.3) is 0 Å². The Hall–Kier alpha value is -0.300. The van der Waals surface area contributed by atoms with E-state index in [-0.39, 0.29) is 17.6 Å². The van der Waals surface area contributed by atoms with E-state index in [0.717, 1.165) is 16.2 Å². The third-order valence-electron chi connectivity index (χ3n) is 3.13. The zero-order valence-electron chi connectivity index (χ0n) is 10.9. The van der Waals surface area contributed by atoms with Gasteiger partial charge in [0.15, 0.2) is 0 Å². The summed E-state index contributed by atoms with van der Waals surface area (Å²) in [5.74, 6) is 1.02. The summed E-state index contributed by atoms with van der Waals surface area (Å²) >= 11 is 7.18. The predicted octanol–water partition coefficient (Wildman–Crippen LogP) is 3.30. The molecule has 0 aliphatic carbocycles. The fourth-order valence-electron chi connectivity index (χ4n) is 2.15. The normalized spacial score (nSPS) is 18.8. The molecule has 1 heterocycles. The largest absolute Gasteiger partial charge is 0.212 e. The molecule has 1 aliphatic heterocycles. The molecule has 1 aromatic carbocycles. The Balaban J connectivity index is 2.09. The van der Waals surface area contributed by atoms with E-state index in [1.54, 1.807) is 17.8 Å². The molecule has 0 aromatic heterocycles. The van der Waals surface area contributed by atoms with Crippen molar-refractivity contribution in [3.05, 3.63) is 29.6 Å². The van der Waals surface area contributed by atoms with Crippen LogP contribution in [0.5, 0.6) is 0 Å². The highest BCUT2D eigenvalue weighted by molar-refractivity contribution is 7.99. The Kier molecular flexibility index (Phi) is 5.72. The van der Waals surface area contributed by atoms with Crippen molar-refractivity contribution in [2.24, 2.45) is 0 Å². The van der Waals surface area contributed by atoms with Gasteiger partial charge in [0.05, 0.1) is 5.75 Å². The van der Waals surface area contributed by atoms with E-state index >= 15 is 0 Å². The van der Waals surface area contributed by atoms with Crippen LogP contribution in [-0.4, -0.2) is 25.8 Å². The highest BCUT2D eigenvalue weighted by atomic mass is 35.5. The van der Waals surface area contributed by atoms with Crippen LogP contribution in [0.3, 0.4) is 0 Å². The summed E-state index contributed by atoms with van der Waals surface area (Å²) in [4.78, 5) is 0.950. The topological polar surface area (TPSA) is 46.2 Å². The number of rotatable bonds is 6. The molecule has 3 nitrogen and oxygen atoms in total. The summed E-state index contributed by atoms with van der Waals surface area (Å²) in [6.07, 6.45) is 1.89. The van der Waals surface area contributed by atoms with Crippen LogP contribution >= 0.6 is 23.4 Å². The number of fused-ring (bicyclic) bond motifs is 1. The molecule has 1 unspecified atom stereocenters. The average molecular weight is 338 g/mol. The molecular weight excluding hydrogens is 321 g/mol. The second-order valence-corrected chi connectivity index (χ2v) is 8.09. The minimum Gasteiger partial charge on any atom is -0.212 e. The fraction of sp³-hybridized carbons (Fsp3) is 0.538. The number of hydrogen-bond donors (Lipinski definition) is 1. The number of sulfonamides is 1. The van der Waals surface area contributed by atoms with Crippen molar-refractivity contribution in [1.82, 2.24) is 4.72 Å². The van der Waals surface area contributed by atoms with Gasteiger partial charge in [0, 0.05) is 16.8 Å². The molecule has 2 rings (SSSR count). The van der Waals surface area contributed by atoms with Gasteiger partial charge < -0.3 is 0 Å². The van der Waals surface area contributed by atoms with Gasteiger partial charge in [0.2, 0.25) is 10.0 Å². The van der Waals surface area contributed by atoms with E-state index in [2.05, 4.69) is 4.72 Å². The van der Waals surface area contributed by atoms with Crippen LogP contribution in [-0.2, 0) is 10.0 Å². The Morgan fingerprint density at radius 1 is 1.40 bits per heavy atom. The van der Waals surface area contributed by atoms with Gasteiger partial charge in [0.25, 0.3) is 0 Å². The SMILES string of the molecule is O=S(=O)(CCCCCl)NC1CCSc2ccc(F)cc21. The van der Waals surface area contributed by atoms with Crippen LogP contribution in [0.15, 0.2) is 23.1 Å². The number of thioether (sulfide) groups is 1. The van der Waals surface area contributed by atoms with Gasteiger partial charge in [-0.3, -0.25) is 0 Å². The van der Waals surface area contributed by atoms with E-state index in [1.165, 1.54) is 12.1 Å². The summed E-state index contributed by atoms with van der Waals surface area (Å²) in [5, 5.41) is 0. The van der Waals surface area contributed by atoms with Crippen molar-refractivity contribution in [2.75, 3.05) is 17.4 Å². The number of alkyl halides is 1. The molecule has 0 spiro atoms. The maximum atomic E-state index is 13.3. The van der Waals surface area contributed by atoms with Crippen molar-refractivity contribution >= 4 is 33.4 Å². The van der Waals surface area contributed by atoms with Gasteiger partial charge in [-0.25, -0.2) is 17.5 Å². The number of benzene rings is 1. The van der Waals surface area contributed by atoms with Crippen LogP contribution in [0.1, 0.15) is 30.9 Å². The standard InChI is InChI=1S/C13H17ClFNO2S2/c14-6-1-2-8-20(17,18)16-12-5-7-19-13-4-3-10(15)9-11(12)13/h3-4,9,12,16H,1-2,5-8H2. The lowest BCUT2D eigenvalue weighted by Gasteiger charge is -2.25. The lowest BCUT2D eigenvalue weighted by atomic mass is 10.0. The van der Waals surface area contributed by atoms with Gasteiger partial charge in [0.1, 0.15) is 5.82 Å². The third kappa shape index (κ3) is 4.35. The molecular formula is C13H17ClFNO2S2. The lowest BCUT2D eigenvalue weighted by Crippen LogP contribution is -2.32. The molecule has 1 atom stereocenters. The van der Waals surface area contributed by atoms with Gasteiger partial charge >= 0.3 is 0 Å². The molecule has 0 fully saturated rings. The van der Waals surface area contributed by atoms with Gasteiger partial charge in [-0.2, -0.15) is 0 Å². The Morgan fingerprint density at radius 2 is 2.20 bits per heavy atom. The van der Waals surface area contributed by atoms with E-state index in [9.17, 15) is 12.8 Å². The van der Waals surface area contributed by atoms with Gasteiger partial charge in [-0.15, -0.1) is 23.4 Å². The average Bonchev–Trinajstić information content (AvgIpc) is 2.39. The Bertz CT molecular complexity index is 565. The highest BCUT2D eigenvalue weighted by Gasteiger charge is 2.25. The van der Waals surface area contributed by atoms with Crippen LogP contribution in [0.4, 0.5) is 4.39 Å². The molecule has 1 aromatic rings. The van der Waals surface area contributed by atoms with Crippen molar-refractivity contribution in [3.63, 3.8) is 0 Å². The monoisotopic (exact) mass is 337 g/mol. The first-order chi connectivity index (χ1) is 9.52. The molecule has 112 valence electrons. The van der Waals surface area contributed by atoms with Gasteiger partial charge in [-0.1, -0.05) is 0 Å². The van der Waals surface area contributed by atoms with Crippen molar-refractivity contribution in [2.45, 2.75) is 30.2 Å². The number of halogens is 2. The maximum absolute atomic E-state index is 13.3. The first kappa shape index (κ1) is 16.1. The first-order valence-corrected chi connectivity index (χ1v) is 9.67. The molecule has 0 saturated carbocycles. The summed E-state index contributed by atoms with van der Waals surface area (Å²) in [5.41, 5.74) is 0.738. The molecule has 1 N–H and O–H groups in total. The quantitative estimate of drug-likeness (QED) is 0.640. The molecule has 0 radical (unpaired) electrons. The molecule has 1 aliphatic rings. The minimum absolute atomic E-state index is 0.0635. The third-order valence-corrected chi connectivity index (χ3v) is 5.99. The Morgan fingerprint density at radius 3 is 2.95 bits per heavy atom. The Labute approximate surface area is 128 Å². The fourth-order valence-corrected chi connectivity index (χ4v) is 4.82. The minimum atomic E-state index is -3.35. The number of hydrogen-bond acceptors (Lipinski definition) is 3. The second kappa shape index (κ2) is 7.11. The number of unbranched alkanes of at least 4 members (excludes halogenated alkanes) is 1. The lowest BCUT2D eigenvalue weighted by molar-refractivity contribution is 0.539. The molecule has 0 saturated heterocycles.